The summed E-state index contributed by atoms with van der Waals surface area (Å²) in [5.41, 5.74) is 13.2. The molecule has 12 rings (SSSR count). The number of benzene rings is 10. The molecule has 260 valence electrons. The van der Waals surface area contributed by atoms with E-state index in [1.807, 2.05) is 18.2 Å². The molecule has 0 unspecified atom stereocenters. The molecule has 0 radical (unpaired) electrons. The monoisotopic (exact) mass is 712 g/mol. The fourth-order valence-corrected chi connectivity index (χ4v) is 9.03. The minimum atomic E-state index is 0.840. The van der Waals surface area contributed by atoms with Gasteiger partial charge in [0.15, 0.2) is 0 Å². The Morgan fingerprint density at radius 1 is 0.232 bits per heavy atom. The molecule has 0 aliphatic heterocycles. The van der Waals surface area contributed by atoms with Crippen molar-refractivity contribution in [3.05, 3.63) is 194 Å². The van der Waals surface area contributed by atoms with Gasteiger partial charge < -0.3 is 8.83 Å². The fourth-order valence-electron chi connectivity index (χ4n) is 9.03. The lowest BCUT2D eigenvalue weighted by Gasteiger charge is -2.18. The van der Waals surface area contributed by atoms with E-state index in [-0.39, 0.29) is 0 Å². The highest BCUT2D eigenvalue weighted by Crippen LogP contribution is 2.45. The van der Waals surface area contributed by atoms with E-state index in [1.54, 1.807) is 0 Å². The Bertz CT molecular complexity index is 3450. The van der Waals surface area contributed by atoms with Crippen LogP contribution in [0.2, 0.25) is 0 Å². The summed E-state index contributed by atoms with van der Waals surface area (Å²) in [5.74, 6) is 0. The molecule has 0 fully saturated rings. The van der Waals surface area contributed by atoms with Gasteiger partial charge in [-0.05, 0) is 108 Å². The predicted octanol–water partition coefficient (Wildman–Crippen LogP) is 15.6. The zero-order chi connectivity index (χ0) is 36.7. The Hall–Kier alpha value is -7.42. The molecule has 0 aliphatic carbocycles. The molecule has 2 heterocycles. The van der Waals surface area contributed by atoms with E-state index in [2.05, 4.69) is 176 Å². The molecule has 0 spiro atoms. The maximum absolute atomic E-state index is 6.55. The molecule has 2 nitrogen and oxygen atoms in total. The van der Waals surface area contributed by atoms with Gasteiger partial charge in [-0.25, -0.2) is 0 Å². The van der Waals surface area contributed by atoms with Crippen molar-refractivity contribution in [3.63, 3.8) is 0 Å². The van der Waals surface area contributed by atoms with E-state index in [4.69, 9.17) is 8.83 Å². The molecule has 0 saturated heterocycles. The Kier molecular flexibility index (Phi) is 6.66. The van der Waals surface area contributed by atoms with Crippen molar-refractivity contribution in [2.45, 2.75) is 0 Å². The third-order valence-corrected chi connectivity index (χ3v) is 11.6. The maximum atomic E-state index is 6.55. The van der Waals surface area contributed by atoms with Crippen molar-refractivity contribution in [1.82, 2.24) is 0 Å². The standard InChI is InChI=1S/C54H32O2/c1-2-11-33(12-3-1)36-13-10-14-39(30-36)53-44-18-6-4-16-42(44)52(43-17-5-7-19-45(43)53)35-23-21-34(22-24-35)37-25-27-40-38(29-37)26-28-46-48-31-47-41-15-8-9-20-49(41)55-50(47)32-51(48)56-54(40)46/h1-32H. The normalized spacial score (nSPS) is 11.9. The summed E-state index contributed by atoms with van der Waals surface area (Å²) in [6.07, 6.45) is 0. The van der Waals surface area contributed by atoms with Crippen LogP contribution >= 0.6 is 0 Å². The average molecular weight is 713 g/mol. The summed E-state index contributed by atoms with van der Waals surface area (Å²) in [4.78, 5) is 0. The van der Waals surface area contributed by atoms with Crippen molar-refractivity contribution >= 4 is 76.2 Å². The van der Waals surface area contributed by atoms with Crippen molar-refractivity contribution in [2.24, 2.45) is 0 Å². The molecule has 0 bridgehead atoms. The van der Waals surface area contributed by atoms with Crippen LogP contribution in [0.4, 0.5) is 0 Å². The summed E-state index contributed by atoms with van der Waals surface area (Å²) in [6.45, 7) is 0. The topological polar surface area (TPSA) is 26.3 Å². The number of hydrogen-bond acceptors (Lipinski definition) is 2. The van der Waals surface area contributed by atoms with Crippen LogP contribution in [0.25, 0.3) is 121 Å². The highest BCUT2D eigenvalue weighted by Gasteiger charge is 2.18. The van der Waals surface area contributed by atoms with Crippen molar-refractivity contribution < 1.29 is 8.83 Å². The molecular formula is C54H32O2. The largest absolute Gasteiger partial charge is 0.456 e. The summed E-state index contributed by atoms with van der Waals surface area (Å²) < 4.78 is 12.7. The van der Waals surface area contributed by atoms with Gasteiger partial charge in [-0.1, -0.05) is 152 Å². The van der Waals surface area contributed by atoms with Gasteiger partial charge >= 0.3 is 0 Å². The van der Waals surface area contributed by atoms with E-state index in [0.29, 0.717) is 0 Å². The summed E-state index contributed by atoms with van der Waals surface area (Å²) in [6, 6.07) is 70.0. The lowest BCUT2D eigenvalue weighted by Crippen LogP contribution is -1.91. The predicted molar refractivity (Wildman–Crippen MR) is 235 cm³/mol. The SMILES string of the molecule is c1ccc(-c2cccc(-c3c4ccccc4c(-c4ccc(-c5ccc6c(ccc7c8cc9c(cc8oc67)oc6ccccc69)c5)cc4)c4ccccc34)c2)cc1. The van der Waals surface area contributed by atoms with Crippen LogP contribution in [0.15, 0.2) is 203 Å². The molecule has 0 atom stereocenters. The second-order valence-corrected chi connectivity index (χ2v) is 14.8. The average Bonchev–Trinajstić information content (AvgIpc) is 3.82. The molecular weight excluding hydrogens is 681 g/mol. The molecule has 56 heavy (non-hydrogen) atoms. The first-order valence-electron chi connectivity index (χ1n) is 19.2. The first-order valence-corrected chi connectivity index (χ1v) is 19.2. The van der Waals surface area contributed by atoms with E-state index >= 15 is 0 Å². The Morgan fingerprint density at radius 2 is 0.750 bits per heavy atom. The van der Waals surface area contributed by atoms with E-state index < -0.39 is 0 Å². The summed E-state index contributed by atoms with van der Waals surface area (Å²) in [5, 5.41) is 11.7. The van der Waals surface area contributed by atoms with Crippen LogP contribution in [0, 0.1) is 0 Å². The number of para-hydroxylation sites is 1. The number of rotatable bonds is 4. The Labute approximate surface area is 322 Å². The summed E-state index contributed by atoms with van der Waals surface area (Å²) in [7, 11) is 0. The van der Waals surface area contributed by atoms with Gasteiger partial charge in [0, 0.05) is 33.0 Å². The van der Waals surface area contributed by atoms with Gasteiger partial charge in [-0.2, -0.15) is 0 Å². The lowest BCUT2D eigenvalue weighted by molar-refractivity contribution is 0.658. The minimum Gasteiger partial charge on any atom is -0.456 e. The number of fused-ring (bicyclic) bond motifs is 10. The van der Waals surface area contributed by atoms with Crippen LogP contribution in [0.5, 0.6) is 0 Å². The van der Waals surface area contributed by atoms with Crippen LogP contribution in [0.3, 0.4) is 0 Å². The van der Waals surface area contributed by atoms with Gasteiger partial charge in [-0.15, -0.1) is 0 Å². The second kappa shape index (κ2) is 12.0. The van der Waals surface area contributed by atoms with Crippen molar-refractivity contribution in [1.29, 1.82) is 0 Å². The van der Waals surface area contributed by atoms with Crippen LogP contribution < -0.4 is 0 Å². The molecule has 2 aromatic heterocycles. The smallest absolute Gasteiger partial charge is 0.143 e. The van der Waals surface area contributed by atoms with Crippen LogP contribution in [-0.2, 0) is 0 Å². The van der Waals surface area contributed by atoms with Gasteiger partial charge in [0.05, 0.1) is 0 Å². The molecule has 2 heteroatoms. The van der Waals surface area contributed by atoms with E-state index in [1.165, 1.54) is 66.1 Å². The molecule has 10 aromatic carbocycles. The highest BCUT2D eigenvalue weighted by atomic mass is 16.3. The third-order valence-electron chi connectivity index (χ3n) is 11.6. The first-order chi connectivity index (χ1) is 27.7. The highest BCUT2D eigenvalue weighted by molar-refractivity contribution is 6.22. The van der Waals surface area contributed by atoms with Crippen molar-refractivity contribution in [2.75, 3.05) is 0 Å². The van der Waals surface area contributed by atoms with Crippen LogP contribution in [0.1, 0.15) is 0 Å². The first kappa shape index (κ1) is 31.0. The fraction of sp³-hybridized carbons (Fsp3) is 0. The van der Waals surface area contributed by atoms with Gasteiger partial charge in [0.1, 0.15) is 22.3 Å². The van der Waals surface area contributed by atoms with Gasteiger partial charge in [0.2, 0.25) is 0 Å². The molecule has 0 N–H and O–H groups in total. The quantitative estimate of drug-likeness (QED) is 0.170. The maximum Gasteiger partial charge on any atom is 0.143 e. The lowest BCUT2D eigenvalue weighted by atomic mass is 9.85. The molecule has 12 aromatic rings. The molecule has 0 aliphatic rings. The number of hydrogen-bond donors (Lipinski definition) is 0. The van der Waals surface area contributed by atoms with Gasteiger partial charge in [0.25, 0.3) is 0 Å². The number of furan rings is 2. The van der Waals surface area contributed by atoms with Gasteiger partial charge in [-0.3, -0.25) is 0 Å². The van der Waals surface area contributed by atoms with E-state index in [0.717, 1.165) is 54.6 Å². The van der Waals surface area contributed by atoms with Crippen LogP contribution in [-0.4, -0.2) is 0 Å². The summed E-state index contributed by atoms with van der Waals surface area (Å²) >= 11 is 0. The van der Waals surface area contributed by atoms with E-state index in [9.17, 15) is 0 Å². The van der Waals surface area contributed by atoms with Crippen molar-refractivity contribution in [3.8, 4) is 44.5 Å². The molecule has 0 saturated carbocycles. The Morgan fingerprint density at radius 3 is 1.50 bits per heavy atom. The zero-order valence-electron chi connectivity index (χ0n) is 30.3. The second-order valence-electron chi connectivity index (χ2n) is 14.8. The minimum absolute atomic E-state index is 0.840. The molecule has 0 amide bonds. The third kappa shape index (κ3) is 4.69. The zero-order valence-corrected chi connectivity index (χ0v) is 30.3. The Balaban J connectivity index is 0.952.